The van der Waals surface area contributed by atoms with Crippen molar-refractivity contribution in [2.45, 2.75) is 13.5 Å². The van der Waals surface area contributed by atoms with Gasteiger partial charge in [0.1, 0.15) is 12.4 Å². The van der Waals surface area contributed by atoms with Crippen LogP contribution in [0.25, 0.3) is 6.08 Å². The van der Waals surface area contributed by atoms with Crippen LogP contribution in [-0.4, -0.2) is 29.7 Å². The van der Waals surface area contributed by atoms with Crippen molar-refractivity contribution in [2.75, 3.05) is 13.7 Å². The number of rotatable bonds is 6. The summed E-state index contributed by atoms with van der Waals surface area (Å²) in [5, 5.41) is -0.0571. The quantitative estimate of drug-likeness (QED) is 0.606. The molecule has 0 aromatic heterocycles. The van der Waals surface area contributed by atoms with Crippen LogP contribution >= 0.6 is 23.4 Å². The Morgan fingerprint density at radius 2 is 2.00 bits per heavy atom. The predicted octanol–water partition coefficient (Wildman–Crippen LogP) is 5.12. The maximum Gasteiger partial charge on any atom is 0.293 e. The molecule has 0 aliphatic carbocycles. The lowest BCUT2D eigenvalue weighted by Crippen LogP contribution is -2.27. The monoisotopic (exact) mass is 421 g/mol. The SMILES string of the molecule is CCN1C(=O)S/C(=C\c2cc(Cl)c(OCc3ccccc3F)c(OC)c2)C1=O. The Balaban J connectivity index is 1.86. The molecule has 0 unspecified atom stereocenters. The molecule has 2 aromatic carbocycles. The first-order valence-electron chi connectivity index (χ1n) is 8.43. The second-order valence-corrected chi connectivity index (χ2v) is 7.24. The van der Waals surface area contributed by atoms with Gasteiger partial charge in [0, 0.05) is 12.1 Å². The van der Waals surface area contributed by atoms with Gasteiger partial charge in [-0.15, -0.1) is 0 Å². The molecule has 0 radical (unpaired) electrons. The molecule has 3 rings (SSSR count). The summed E-state index contributed by atoms with van der Waals surface area (Å²) in [5.74, 6) is -0.107. The van der Waals surface area contributed by atoms with E-state index in [1.165, 1.54) is 18.1 Å². The zero-order chi connectivity index (χ0) is 20.3. The number of hydrogen-bond donors (Lipinski definition) is 0. The minimum atomic E-state index is -0.374. The fourth-order valence-corrected chi connectivity index (χ4v) is 3.83. The van der Waals surface area contributed by atoms with E-state index in [-0.39, 0.29) is 34.3 Å². The molecular weight excluding hydrogens is 405 g/mol. The summed E-state index contributed by atoms with van der Waals surface area (Å²) in [6.45, 7) is 2.04. The molecule has 28 heavy (non-hydrogen) atoms. The summed E-state index contributed by atoms with van der Waals surface area (Å²) < 4.78 is 24.8. The van der Waals surface area contributed by atoms with Gasteiger partial charge in [0.05, 0.1) is 17.0 Å². The van der Waals surface area contributed by atoms with Crippen LogP contribution in [0.15, 0.2) is 41.3 Å². The first kappa shape index (κ1) is 20.2. The fraction of sp³-hybridized carbons (Fsp3) is 0.200. The molecule has 2 aromatic rings. The first-order chi connectivity index (χ1) is 13.4. The Hall–Kier alpha value is -2.51. The molecule has 5 nitrogen and oxygen atoms in total. The van der Waals surface area contributed by atoms with Crippen molar-refractivity contribution < 1.29 is 23.5 Å². The first-order valence-corrected chi connectivity index (χ1v) is 9.63. The van der Waals surface area contributed by atoms with Crippen LogP contribution in [0.3, 0.4) is 0 Å². The molecular formula is C20H17ClFNO4S. The number of methoxy groups -OCH3 is 1. The Labute approximate surface area is 171 Å². The number of likely N-dealkylation sites (N-methyl/N-ethyl adjacent to an activating group) is 1. The van der Waals surface area contributed by atoms with Gasteiger partial charge in [0.2, 0.25) is 0 Å². The maximum absolute atomic E-state index is 13.8. The van der Waals surface area contributed by atoms with E-state index in [0.29, 0.717) is 28.3 Å². The number of imide groups is 1. The second kappa shape index (κ2) is 8.67. The zero-order valence-corrected chi connectivity index (χ0v) is 16.8. The number of hydrogen-bond acceptors (Lipinski definition) is 5. The Morgan fingerprint density at radius 1 is 1.25 bits per heavy atom. The molecule has 1 aliphatic rings. The van der Waals surface area contributed by atoms with Crippen LogP contribution in [0.4, 0.5) is 9.18 Å². The number of amides is 2. The van der Waals surface area contributed by atoms with E-state index in [2.05, 4.69) is 0 Å². The van der Waals surface area contributed by atoms with Crippen LogP contribution in [0.2, 0.25) is 5.02 Å². The minimum Gasteiger partial charge on any atom is -0.493 e. The van der Waals surface area contributed by atoms with Gasteiger partial charge in [0.15, 0.2) is 11.5 Å². The molecule has 0 atom stereocenters. The van der Waals surface area contributed by atoms with Crippen LogP contribution in [0.1, 0.15) is 18.1 Å². The molecule has 1 saturated heterocycles. The Morgan fingerprint density at radius 3 is 2.64 bits per heavy atom. The van der Waals surface area contributed by atoms with Crippen molar-refractivity contribution in [3.8, 4) is 11.5 Å². The van der Waals surface area contributed by atoms with E-state index < -0.39 is 0 Å². The molecule has 1 heterocycles. The molecule has 0 saturated carbocycles. The van der Waals surface area contributed by atoms with Gasteiger partial charge < -0.3 is 9.47 Å². The van der Waals surface area contributed by atoms with Crippen LogP contribution in [0.5, 0.6) is 11.5 Å². The van der Waals surface area contributed by atoms with Gasteiger partial charge >= 0.3 is 0 Å². The summed E-state index contributed by atoms with van der Waals surface area (Å²) in [5.41, 5.74) is 0.972. The summed E-state index contributed by atoms with van der Waals surface area (Å²) in [7, 11) is 1.45. The maximum atomic E-state index is 13.8. The van der Waals surface area contributed by atoms with E-state index in [1.54, 1.807) is 43.3 Å². The average molecular weight is 422 g/mol. The van der Waals surface area contributed by atoms with Crippen molar-refractivity contribution in [2.24, 2.45) is 0 Å². The topological polar surface area (TPSA) is 55.8 Å². The van der Waals surface area contributed by atoms with Crippen molar-refractivity contribution in [3.05, 3.63) is 63.3 Å². The number of benzene rings is 2. The van der Waals surface area contributed by atoms with Crippen molar-refractivity contribution in [1.29, 1.82) is 0 Å². The van der Waals surface area contributed by atoms with E-state index in [9.17, 15) is 14.0 Å². The highest BCUT2D eigenvalue weighted by atomic mass is 35.5. The molecule has 1 aliphatic heterocycles. The molecule has 0 bridgehead atoms. The molecule has 2 amide bonds. The van der Waals surface area contributed by atoms with E-state index in [0.717, 1.165) is 11.8 Å². The third-order valence-electron chi connectivity index (χ3n) is 4.07. The number of ether oxygens (including phenoxy) is 2. The summed E-state index contributed by atoms with van der Waals surface area (Å²) in [6.07, 6.45) is 1.58. The van der Waals surface area contributed by atoms with Gasteiger partial charge in [-0.3, -0.25) is 14.5 Å². The van der Waals surface area contributed by atoms with E-state index >= 15 is 0 Å². The summed E-state index contributed by atoms with van der Waals surface area (Å²) in [6, 6.07) is 9.52. The van der Waals surface area contributed by atoms with Crippen LogP contribution in [-0.2, 0) is 11.4 Å². The molecule has 146 valence electrons. The highest BCUT2D eigenvalue weighted by Crippen LogP contribution is 2.39. The Bertz CT molecular complexity index is 963. The zero-order valence-electron chi connectivity index (χ0n) is 15.2. The van der Waals surface area contributed by atoms with Crippen LogP contribution in [0, 0.1) is 5.82 Å². The number of halogens is 2. The lowest BCUT2D eigenvalue weighted by molar-refractivity contribution is -0.122. The van der Waals surface area contributed by atoms with Crippen molar-refractivity contribution in [3.63, 3.8) is 0 Å². The average Bonchev–Trinajstić information content (AvgIpc) is 2.94. The lowest BCUT2D eigenvalue weighted by Gasteiger charge is -2.14. The lowest BCUT2D eigenvalue weighted by atomic mass is 10.1. The van der Waals surface area contributed by atoms with Crippen molar-refractivity contribution in [1.82, 2.24) is 4.90 Å². The van der Waals surface area contributed by atoms with Gasteiger partial charge in [-0.05, 0) is 48.5 Å². The van der Waals surface area contributed by atoms with Gasteiger partial charge in [-0.1, -0.05) is 29.8 Å². The highest BCUT2D eigenvalue weighted by molar-refractivity contribution is 8.18. The van der Waals surface area contributed by atoms with E-state index in [4.69, 9.17) is 21.1 Å². The molecule has 0 spiro atoms. The van der Waals surface area contributed by atoms with Gasteiger partial charge in [-0.25, -0.2) is 4.39 Å². The normalized spacial score (nSPS) is 15.4. The van der Waals surface area contributed by atoms with Crippen molar-refractivity contribution >= 4 is 40.6 Å². The van der Waals surface area contributed by atoms with Gasteiger partial charge in [0.25, 0.3) is 11.1 Å². The number of carbonyl (C=O) groups is 2. The Kier molecular flexibility index (Phi) is 6.26. The van der Waals surface area contributed by atoms with Gasteiger partial charge in [-0.2, -0.15) is 0 Å². The highest BCUT2D eigenvalue weighted by Gasteiger charge is 2.33. The largest absolute Gasteiger partial charge is 0.493 e. The summed E-state index contributed by atoms with van der Waals surface area (Å²) in [4.78, 5) is 25.6. The number of nitrogens with zero attached hydrogens (tertiary/aromatic N) is 1. The minimum absolute atomic E-state index is 0.0164. The fourth-order valence-electron chi connectivity index (χ4n) is 2.65. The predicted molar refractivity (Wildman–Crippen MR) is 107 cm³/mol. The second-order valence-electron chi connectivity index (χ2n) is 5.84. The molecule has 1 fully saturated rings. The molecule has 0 N–H and O–H groups in total. The standard InChI is InChI=1S/C20H17ClFNO4S/c1-3-23-19(24)17(28-20(23)25)10-12-8-14(21)18(16(9-12)26-2)27-11-13-6-4-5-7-15(13)22/h4-10H,3,11H2,1-2H3/b17-10-. The third kappa shape index (κ3) is 4.15. The third-order valence-corrected chi connectivity index (χ3v) is 5.26. The number of thioether (sulfide) groups is 1. The van der Waals surface area contributed by atoms with E-state index in [1.807, 2.05) is 0 Å². The summed E-state index contributed by atoms with van der Waals surface area (Å²) >= 11 is 7.20. The molecule has 8 heteroatoms. The number of carbonyl (C=O) groups excluding carboxylic acids is 2. The smallest absolute Gasteiger partial charge is 0.293 e. The van der Waals surface area contributed by atoms with Crippen LogP contribution < -0.4 is 9.47 Å².